The largest absolute Gasteiger partial charge is 0.462 e. The van der Waals surface area contributed by atoms with E-state index in [0.29, 0.717) is 94.1 Å². The first-order valence-corrected chi connectivity index (χ1v) is 26.9. The van der Waals surface area contributed by atoms with Crippen LogP contribution in [0.4, 0.5) is 0 Å². The maximum atomic E-state index is 12.9. The third-order valence-electron chi connectivity index (χ3n) is 11.5. The van der Waals surface area contributed by atoms with Crippen molar-refractivity contribution in [2.75, 3.05) is 13.2 Å². The van der Waals surface area contributed by atoms with Gasteiger partial charge in [-0.15, -0.1) is 0 Å². The lowest BCUT2D eigenvalue weighted by Gasteiger charge is -2.18. The molecule has 0 aromatic carbocycles. The van der Waals surface area contributed by atoms with Gasteiger partial charge in [0, 0.05) is 19.3 Å². The zero-order chi connectivity index (χ0) is 51.0. The van der Waals surface area contributed by atoms with Crippen LogP contribution in [0.3, 0.4) is 0 Å². The van der Waals surface area contributed by atoms with E-state index in [2.05, 4.69) is 20.8 Å². The fourth-order valence-corrected chi connectivity index (χ4v) is 7.43. The molecule has 0 heterocycles. The minimum Gasteiger partial charge on any atom is -0.462 e. The van der Waals surface area contributed by atoms with E-state index in [1.54, 1.807) is 0 Å². The second-order valence-corrected chi connectivity index (χ2v) is 17.9. The van der Waals surface area contributed by atoms with Crippen molar-refractivity contribution >= 4 is 17.9 Å². The van der Waals surface area contributed by atoms with E-state index in [9.17, 15) is 14.4 Å². The number of hydrogen-bond acceptors (Lipinski definition) is 6. The standard InChI is InChI=1S/C57H104O6/c1-4-7-10-13-16-19-22-25-28-31-34-37-40-43-46-49-55(58)61-52-54(63-57(60)51-48-45-42-39-36-33-30-27-24-21-18-15-12-9-6-3)53-62-56(59)50-47-44-41-38-35-32-29-26-23-20-17-14-11-8-5-2/h25-30,54H,4-24,31-53H2,1-3H3/b28-25-,29-26-,30-27-/i25T,26T,27T,28T,29T,30T. The van der Waals surface area contributed by atoms with Crippen molar-refractivity contribution < 1.29 is 36.8 Å². The highest BCUT2D eigenvalue weighted by Gasteiger charge is 2.19. The summed E-state index contributed by atoms with van der Waals surface area (Å²) in [6.45, 7) is 6.25. The molecule has 0 aliphatic carbocycles. The number of ether oxygens (including phenoxy) is 3. The van der Waals surface area contributed by atoms with Gasteiger partial charge in [-0.25, -0.2) is 0 Å². The van der Waals surface area contributed by atoms with E-state index in [1.807, 2.05) is 0 Å². The van der Waals surface area contributed by atoms with Crippen molar-refractivity contribution in [1.82, 2.24) is 0 Å². The topological polar surface area (TPSA) is 78.9 Å². The van der Waals surface area contributed by atoms with Crippen molar-refractivity contribution in [2.45, 2.75) is 297 Å². The lowest BCUT2D eigenvalue weighted by Crippen LogP contribution is -2.30. The summed E-state index contributed by atoms with van der Waals surface area (Å²) in [5, 5.41) is 0. The average molecular weight is 898 g/mol. The van der Waals surface area contributed by atoms with Gasteiger partial charge in [0.25, 0.3) is 0 Å². The van der Waals surface area contributed by atoms with Crippen LogP contribution in [-0.4, -0.2) is 37.2 Å². The summed E-state index contributed by atoms with van der Waals surface area (Å²) in [6, 6.07) is 2.75. The molecule has 0 fully saturated rings. The number of esters is 3. The van der Waals surface area contributed by atoms with Crippen molar-refractivity contribution in [2.24, 2.45) is 0 Å². The third kappa shape index (κ3) is 50.5. The molecule has 0 saturated heterocycles. The Kier molecular flexibility index (Phi) is 41.5. The van der Waals surface area contributed by atoms with Gasteiger partial charge >= 0.3 is 17.9 Å². The second kappa shape index (κ2) is 52.3. The zero-order valence-electron chi connectivity index (χ0n) is 47.6. The van der Waals surface area contributed by atoms with Crippen LogP contribution in [0.25, 0.3) is 0 Å². The summed E-state index contributed by atoms with van der Waals surface area (Å²) in [7, 11) is 0. The molecule has 0 N–H and O–H groups in total. The number of allylic oxidation sites excluding steroid dienone is 6. The highest BCUT2D eigenvalue weighted by Crippen LogP contribution is 2.15. The Morgan fingerprint density at radius 1 is 0.333 bits per heavy atom. The van der Waals surface area contributed by atoms with Gasteiger partial charge in [-0.3, -0.25) is 14.4 Å². The maximum absolute atomic E-state index is 12.9. The molecule has 0 aromatic rings. The van der Waals surface area contributed by atoms with Gasteiger partial charge < -0.3 is 14.2 Å². The molecule has 368 valence electrons. The van der Waals surface area contributed by atoms with Crippen molar-refractivity contribution in [3.8, 4) is 0 Å². The predicted octanol–water partition coefficient (Wildman–Crippen LogP) is 18.1. The van der Waals surface area contributed by atoms with Crippen LogP contribution < -0.4 is 0 Å². The fraction of sp³-hybridized carbons (Fsp3) is 0.842. The lowest BCUT2D eigenvalue weighted by atomic mass is 10.1. The molecule has 0 amide bonds. The molecule has 0 rings (SSSR count). The van der Waals surface area contributed by atoms with E-state index in [-0.39, 0.29) is 44.4 Å². The quantitative estimate of drug-likeness (QED) is 0.0262. The SMILES string of the molecule is [3H]/C(CCCCCCCC)=C(\[3H])CCCCCCCC(=O)OCC(COC(=O)CCCCCCC/C([3H])=C(/[3H])CCCCCCCC)OC(=O)CCCCCCC/C([3H])=C(/[3H])CCCCCCCC. The number of rotatable bonds is 50. The van der Waals surface area contributed by atoms with Crippen LogP contribution in [0.5, 0.6) is 0 Å². The molecule has 0 atom stereocenters. The average Bonchev–Trinajstić information content (AvgIpc) is 3.34. The minimum atomic E-state index is -0.895. The molecule has 0 radical (unpaired) electrons. The number of carbonyl (C=O) groups excluding carboxylic acids is 3. The summed E-state index contributed by atoms with van der Waals surface area (Å²) in [5.41, 5.74) is 0. The lowest BCUT2D eigenvalue weighted by molar-refractivity contribution is -0.167. The molecular formula is C57H104O6. The van der Waals surface area contributed by atoms with Crippen LogP contribution in [0.15, 0.2) is 36.3 Å². The molecule has 0 bridgehead atoms. The Balaban J connectivity index is 4.73. The van der Waals surface area contributed by atoms with Gasteiger partial charge in [0.05, 0.1) is 8.22 Å². The Bertz CT molecular complexity index is 1300. The monoisotopic (exact) mass is 897 g/mol. The predicted molar refractivity (Wildman–Crippen MR) is 270 cm³/mol. The smallest absolute Gasteiger partial charge is 0.306 e. The molecule has 63 heavy (non-hydrogen) atoms. The molecule has 6 heteroatoms. The highest BCUT2D eigenvalue weighted by atomic mass is 16.6. The number of hydrogen-bond donors (Lipinski definition) is 0. The van der Waals surface area contributed by atoms with Crippen LogP contribution in [0.1, 0.15) is 299 Å². The summed E-state index contributed by atoms with van der Waals surface area (Å²) >= 11 is 0. The Hall–Kier alpha value is -2.37. The van der Waals surface area contributed by atoms with E-state index in [0.717, 1.165) is 116 Å². The van der Waals surface area contributed by atoms with Crippen LogP contribution in [0.2, 0.25) is 0 Å². The van der Waals surface area contributed by atoms with Gasteiger partial charge in [0.15, 0.2) is 6.10 Å². The number of unbranched alkanes of at least 4 members (excludes halogenated alkanes) is 27. The molecule has 0 unspecified atom stereocenters. The first kappa shape index (κ1) is 50.1. The maximum Gasteiger partial charge on any atom is 0.306 e. The minimum absolute atomic E-state index is 0.185. The third-order valence-corrected chi connectivity index (χ3v) is 11.5. The number of carbonyl (C=O) groups is 3. The second-order valence-electron chi connectivity index (χ2n) is 17.9. The zero-order valence-corrected chi connectivity index (χ0v) is 41.6. The summed E-state index contributed by atoms with van der Waals surface area (Å²) < 4.78 is 66.1. The Morgan fingerprint density at radius 3 is 0.825 bits per heavy atom. The molecule has 0 saturated carbocycles. The highest BCUT2D eigenvalue weighted by molar-refractivity contribution is 5.71. The van der Waals surface area contributed by atoms with Crippen molar-refractivity contribution in [1.29, 1.82) is 0 Å². The first-order valence-electron chi connectivity index (χ1n) is 29.9. The van der Waals surface area contributed by atoms with Gasteiger partial charge in [-0.05, 0) is 96.3 Å². The molecule has 0 aromatic heterocycles. The Labute approximate surface area is 399 Å². The van der Waals surface area contributed by atoms with E-state index >= 15 is 0 Å². The van der Waals surface area contributed by atoms with Gasteiger partial charge in [-0.2, -0.15) is 0 Å². The molecular weight excluding hydrogens is 781 g/mol. The molecule has 6 nitrogen and oxygen atoms in total. The van der Waals surface area contributed by atoms with Crippen LogP contribution in [0, 0.1) is 0 Å². The fourth-order valence-electron chi connectivity index (χ4n) is 7.43. The molecule has 0 spiro atoms. The summed E-state index contributed by atoms with van der Waals surface area (Å²) in [6.07, 6.45) is 37.6. The van der Waals surface area contributed by atoms with Crippen molar-refractivity contribution in [3.05, 3.63) is 36.3 Å². The van der Waals surface area contributed by atoms with E-state index in [4.69, 9.17) is 22.4 Å². The Morgan fingerprint density at radius 2 is 0.556 bits per heavy atom. The molecule has 0 aliphatic heterocycles. The van der Waals surface area contributed by atoms with Crippen LogP contribution >= 0.6 is 0 Å². The van der Waals surface area contributed by atoms with Gasteiger partial charge in [-0.1, -0.05) is 211 Å². The summed E-state index contributed by atoms with van der Waals surface area (Å²) in [5.74, 6) is -1.20. The van der Waals surface area contributed by atoms with Gasteiger partial charge in [0.1, 0.15) is 13.2 Å². The first-order chi connectivity index (χ1) is 33.4. The van der Waals surface area contributed by atoms with E-state index < -0.39 is 12.1 Å². The normalized spacial score (nSPS) is 14.5. The van der Waals surface area contributed by atoms with E-state index in [1.165, 1.54) is 77.0 Å². The van der Waals surface area contributed by atoms with Gasteiger partial charge in [0.2, 0.25) is 0 Å². The molecule has 0 aliphatic rings. The van der Waals surface area contributed by atoms with Crippen LogP contribution in [-0.2, 0) is 28.6 Å². The van der Waals surface area contributed by atoms with Crippen molar-refractivity contribution in [3.63, 3.8) is 0 Å². The summed E-state index contributed by atoms with van der Waals surface area (Å²) in [4.78, 5) is 38.3.